The molecule has 1 aliphatic rings. The fourth-order valence-corrected chi connectivity index (χ4v) is 1.50. The maximum Gasteiger partial charge on any atom is 0.271 e. The van der Waals surface area contributed by atoms with E-state index in [1.165, 1.54) is 12.3 Å². The zero-order valence-electron chi connectivity index (χ0n) is 8.74. The fourth-order valence-electron chi connectivity index (χ4n) is 1.32. The third kappa shape index (κ3) is 3.01. The van der Waals surface area contributed by atoms with Gasteiger partial charge in [-0.25, -0.2) is 10.4 Å². The highest BCUT2D eigenvalue weighted by Gasteiger charge is 2.18. The Morgan fingerprint density at radius 1 is 1.47 bits per heavy atom. The minimum Gasteiger partial charge on any atom is -0.321 e. The van der Waals surface area contributed by atoms with E-state index in [-0.39, 0.29) is 23.9 Å². The van der Waals surface area contributed by atoms with Gasteiger partial charge in [-0.05, 0) is 12.1 Å². The molecule has 1 aliphatic heterocycles. The first-order chi connectivity index (χ1) is 8.15. The number of hydrogen-bond acceptors (Lipinski definition) is 4. The minimum absolute atomic E-state index is 0.187. The highest BCUT2D eigenvalue weighted by atomic mass is 35.5. The summed E-state index contributed by atoms with van der Waals surface area (Å²) in [5.74, 6) is -0.541. The SMILES string of the molecule is O=C1CCC(C(=O)Nc2ccnc(Cl)c2)=NN1. The average Bonchev–Trinajstić information content (AvgIpc) is 2.29. The van der Waals surface area contributed by atoms with Crippen molar-refractivity contribution in [1.82, 2.24) is 10.4 Å². The van der Waals surface area contributed by atoms with Crippen molar-refractivity contribution in [2.45, 2.75) is 12.8 Å². The number of nitrogens with zero attached hydrogens (tertiary/aromatic N) is 2. The van der Waals surface area contributed by atoms with Crippen LogP contribution in [0.1, 0.15) is 12.8 Å². The number of rotatable bonds is 2. The van der Waals surface area contributed by atoms with Crippen LogP contribution < -0.4 is 10.7 Å². The second-order valence-electron chi connectivity index (χ2n) is 3.41. The molecule has 0 saturated carbocycles. The third-order valence-corrected chi connectivity index (χ3v) is 2.36. The van der Waals surface area contributed by atoms with Gasteiger partial charge in [0.2, 0.25) is 5.91 Å². The number of nitrogens with one attached hydrogen (secondary N) is 2. The molecule has 1 aromatic rings. The van der Waals surface area contributed by atoms with Gasteiger partial charge in [-0.2, -0.15) is 5.10 Å². The van der Waals surface area contributed by atoms with Crippen LogP contribution in [0.2, 0.25) is 5.15 Å². The molecule has 7 heteroatoms. The van der Waals surface area contributed by atoms with Crippen LogP contribution in [-0.2, 0) is 9.59 Å². The number of hydrogen-bond donors (Lipinski definition) is 2. The van der Waals surface area contributed by atoms with E-state index >= 15 is 0 Å². The summed E-state index contributed by atoms with van der Waals surface area (Å²) in [6.45, 7) is 0. The van der Waals surface area contributed by atoms with Gasteiger partial charge in [0.15, 0.2) is 0 Å². The highest BCUT2D eigenvalue weighted by molar-refractivity contribution is 6.43. The molecule has 0 fully saturated rings. The van der Waals surface area contributed by atoms with Crippen molar-refractivity contribution in [1.29, 1.82) is 0 Å². The standard InChI is InChI=1S/C10H9ClN4O2/c11-8-5-6(3-4-12-8)13-10(17)7-1-2-9(16)15-14-7/h3-5H,1-2H2,(H,15,16)(H,12,13,17). The number of amides is 2. The van der Waals surface area contributed by atoms with Crippen molar-refractivity contribution in [2.24, 2.45) is 5.10 Å². The van der Waals surface area contributed by atoms with Gasteiger partial charge in [-0.1, -0.05) is 11.6 Å². The van der Waals surface area contributed by atoms with Gasteiger partial charge in [-0.15, -0.1) is 0 Å². The normalized spacial score (nSPS) is 14.9. The highest BCUT2D eigenvalue weighted by Crippen LogP contribution is 2.12. The largest absolute Gasteiger partial charge is 0.321 e. The molecule has 88 valence electrons. The van der Waals surface area contributed by atoms with Crippen molar-refractivity contribution in [3.05, 3.63) is 23.5 Å². The molecule has 2 N–H and O–H groups in total. The van der Waals surface area contributed by atoms with Crippen molar-refractivity contribution >= 4 is 34.8 Å². The summed E-state index contributed by atoms with van der Waals surface area (Å²) in [5.41, 5.74) is 3.09. The number of aromatic nitrogens is 1. The summed E-state index contributed by atoms with van der Waals surface area (Å²) >= 11 is 5.68. The lowest BCUT2D eigenvalue weighted by Crippen LogP contribution is -2.32. The Balaban J connectivity index is 2.04. The molecular weight excluding hydrogens is 244 g/mol. The van der Waals surface area contributed by atoms with E-state index in [0.717, 1.165) is 0 Å². The van der Waals surface area contributed by atoms with Crippen molar-refractivity contribution in [3.8, 4) is 0 Å². The van der Waals surface area contributed by atoms with Crippen LogP contribution in [0, 0.1) is 0 Å². The molecule has 17 heavy (non-hydrogen) atoms. The minimum atomic E-state index is -0.354. The summed E-state index contributed by atoms with van der Waals surface area (Å²) in [5, 5.41) is 6.60. The first-order valence-electron chi connectivity index (χ1n) is 4.93. The molecule has 6 nitrogen and oxygen atoms in total. The molecule has 0 bridgehead atoms. The predicted molar refractivity (Wildman–Crippen MR) is 62.7 cm³/mol. The fraction of sp³-hybridized carbons (Fsp3) is 0.200. The summed E-state index contributed by atoms with van der Waals surface area (Å²) in [6.07, 6.45) is 2.09. The zero-order valence-corrected chi connectivity index (χ0v) is 9.49. The third-order valence-electron chi connectivity index (χ3n) is 2.15. The quantitative estimate of drug-likeness (QED) is 0.769. The Labute approximate surface area is 102 Å². The van der Waals surface area contributed by atoms with Crippen LogP contribution in [-0.4, -0.2) is 22.5 Å². The van der Waals surface area contributed by atoms with Crippen LogP contribution >= 0.6 is 11.6 Å². The predicted octanol–water partition coefficient (Wildman–Crippen LogP) is 0.939. The molecule has 0 spiro atoms. The first kappa shape index (κ1) is 11.5. The Kier molecular flexibility index (Phi) is 3.34. The lowest BCUT2D eigenvalue weighted by atomic mass is 10.1. The molecule has 1 aromatic heterocycles. The number of carbonyl (C=O) groups excluding carboxylic acids is 2. The molecule has 0 radical (unpaired) electrons. The lowest BCUT2D eigenvalue weighted by molar-refractivity contribution is -0.121. The molecule has 2 rings (SSSR count). The summed E-state index contributed by atoms with van der Waals surface area (Å²) in [6, 6.07) is 3.15. The topological polar surface area (TPSA) is 83.5 Å². The van der Waals surface area contributed by atoms with Crippen LogP contribution in [0.5, 0.6) is 0 Å². The van der Waals surface area contributed by atoms with Crippen molar-refractivity contribution < 1.29 is 9.59 Å². The number of hydrazone groups is 1. The molecule has 2 amide bonds. The van der Waals surface area contributed by atoms with Gasteiger partial charge in [0.25, 0.3) is 5.91 Å². The smallest absolute Gasteiger partial charge is 0.271 e. The van der Waals surface area contributed by atoms with Crippen LogP contribution in [0.15, 0.2) is 23.4 Å². The summed E-state index contributed by atoms with van der Waals surface area (Å²) in [7, 11) is 0. The van der Waals surface area contributed by atoms with E-state index < -0.39 is 0 Å². The van der Waals surface area contributed by atoms with Crippen LogP contribution in [0.4, 0.5) is 5.69 Å². The molecular formula is C10H9ClN4O2. The van der Waals surface area contributed by atoms with Crippen LogP contribution in [0.25, 0.3) is 0 Å². The number of halogens is 1. The number of anilines is 1. The Bertz CT molecular complexity index is 501. The molecule has 2 heterocycles. The van der Waals surface area contributed by atoms with Gasteiger partial charge in [0, 0.05) is 24.7 Å². The van der Waals surface area contributed by atoms with Gasteiger partial charge in [0.05, 0.1) is 0 Å². The maximum absolute atomic E-state index is 11.7. The van der Waals surface area contributed by atoms with Crippen LogP contribution in [0.3, 0.4) is 0 Å². The van der Waals surface area contributed by atoms with Gasteiger partial charge >= 0.3 is 0 Å². The van der Waals surface area contributed by atoms with E-state index in [1.807, 2.05) is 0 Å². The molecule has 0 unspecified atom stereocenters. The van der Waals surface area contributed by atoms with E-state index in [2.05, 4.69) is 20.8 Å². The molecule has 0 aliphatic carbocycles. The van der Waals surface area contributed by atoms with Gasteiger partial charge < -0.3 is 5.32 Å². The van der Waals surface area contributed by atoms with Gasteiger partial charge in [-0.3, -0.25) is 9.59 Å². The maximum atomic E-state index is 11.7. The van der Waals surface area contributed by atoms with Crippen molar-refractivity contribution in [3.63, 3.8) is 0 Å². The van der Waals surface area contributed by atoms with Gasteiger partial charge in [0.1, 0.15) is 10.9 Å². The summed E-state index contributed by atoms with van der Waals surface area (Å²) < 4.78 is 0. The van der Waals surface area contributed by atoms with E-state index in [9.17, 15) is 9.59 Å². The Morgan fingerprint density at radius 2 is 2.29 bits per heavy atom. The monoisotopic (exact) mass is 252 g/mol. The zero-order chi connectivity index (χ0) is 12.3. The second-order valence-corrected chi connectivity index (χ2v) is 3.80. The van der Waals surface area contributed by atoms with E-state index in [0.29, 0.717) is 17.3 Å². The number of pyridine rings is 1. The first-order valence-corrected chi connectivity index (χ1v) is 5.31. The summed E-state index contributed by atoms with van der Waals surface area (Å²) in [4.78, 5) is 26.4. The Morgan fingerprint density at radius 3 is 2.94 bits per heavy atom. The molecule has 0 aromatic carbocycles. The lowest BCUT2D eigenvalue weighted by Gasteiger charge is -2.11. The van der Waals surface area contributed by atoms with E-state index in [1.54, 1.807) is 6.07 Å². The molecule has 0 saturated heterocycles. The average molecular weight is 253 g/mol. The van der Waals surface area contributed by atoms with Crippen molar-refractivity contribution in [2.75, 3.05) is 5.32 Å². The second kappa shape index (κ2) is 4.92. The van der Waals surface area contributed by atoms with E-state index in [4.69, 9.17) is 11.6 Å². The molecule has 0 atom stereocenters. The Hall–Kier alpha value is -1.95. The number of carbonyl (C=O) groups is 2.